The molecule has 1 aliphatic rings. The summed E-state index contributed by atoms with van der Waals surface area (Å²) in [7, 11) is 2.03. The number of halogens is 1. The van der Waals surface area contributed by atoms with Crippen molar-refractivity contribution < 1.29 is 0 Å². The molecule has 1 aliphatic carbocycles. The van der Waals surface area contributed by atoms with Crippen molar-refractivity contribution in [3.63, 3.8) is 0 Å². The molecule has 0 aromatic carbocycles. The summed E-state index contributed by atoms with van der Waals surface area (Å²) in [6.07, 6.45) is 9.73. The molecule has 0 spiro atoms. The number of nitrogens with two attached hydrogens (primary N) is 2. The molecular weight excluding hydrogens is 364 g/mol. The summed E-state index contributed by atoms with van der Waals surface area (Å²) in [6.45, 7) is 15.6. The molecule has 1 rings (SSSR count). The Kier molecular flexibility index (Phi) is 7.67. The molecule has 0 aromatic heterocycles. The molecule has 0 radical (unpaired) electrons. The van der Waals surface area contributed by atoms with Gasteiger partial charge < -0.3 is 10.6 Å². The van der Waals surface area contributed by atoms with Crippen molar-refractivity contribution in [2.75, 3.05) is 20.1 Å². The van der Waals surface area contributed by atoms with Crippen LogP contribution in [0.25, 0.3) is 0 Å². The predicted molar refractivity (Wildman–Crippen MR) is 108 cm³/mol. The van der Waals surface area contributed by atoms with Gasteiger partial charge in [-0.15, -0.1) is 0 Å². The summed E-state index contributed by atoms with van der Waals surface area (Å²) in [5, 5.41) is 1.83. The van der Waals surface area contributed by atoms with E-state index >= 15 is 0 Å². The minimum absolute atomic E-state index is 0.0293. The average Bonchev–Trinajstić information content (AvgIpc) is 2.47. The molecule has 0 aromatic rings. The number of hydrazine groups is 1. The normalized spacial score (nSPS) is 22.1. The second kappa shape index (κ2) is 8.81. The first-order valence-electron chi connectivity index (χ1n) is 8.10. The maximum atomic E-state index is 6.44. The van der Waals surface area contributed by atoms with E-state index in [2.05, 4.69) is 66.9 Å². The molecule has 0 saturated heterocycles. The number of nitrogens with zero attached hydrogens (tertiary/aromatic N) is 2. The van der Waals surface area contributed by atoms with E-state index in [-0.39, 0.29) is 17.5 Å². The van der Waals surface area contributed by atoms with Crippen molar-refractivity contribution >= 4 is 15.9 Å². The Hall–Kier alpha value is -1.14. The standard InChI is InChI=1S/C19H31BrN4/c1-7-9-14(8-2)12-23(6)15-10-11-16(18(21)17(15)20)24(22)13-19(3,4)5/h7-11,16,18H,1-2,12-13,21-22H2,3-6H3/b14-9+. The Morgan fingerprint density at radius 2 is 2.00 bits per heavy atom. The SMILES string of the molecule is C=C/C=C(\C=C)CN(C)C1=C(Br)C(N)C(N(N)CC(C)(C)C)C=C1. The van der Waals surface area contributed by atoms with Crippen LogP contribution in [0.15, 0.2) is 59.3 Å². The zero-order chi connectivity index (χ0) is 18.5. The molecule has 0 aliphatic heterocycles. The van der Waals surface area contributed by atoms with Gasteiger partial charge in [0.05, 0.1) is 12.1 Å². The van der Waals surface area contributed by atoms with Crippen molar-refractivity contribution in [1.82, 2.24) is 9.91 Å². The first-order chi connectivity index (χ1) is 11.1. The molecule has 0 bridgehead atoms. The third kappa shape index (κ3) is 5.74. The number of allylic oxidation sites excluding steroid dienone is 3. The highest BCUT2D eigenvalue weighted by Crippen LogP contribution is 2.29. The lowest BCUT2D eigenvalue weighted by Crippen LogP contribution is -2.54. The van der Waals surface area contributed by atoms with Gasteiger partial charge in [0.15, 0.2) is 0 Å². The zero-order valence-electron chi connectivity index (χ0n) is 15.3. The first kappa shape index (κ1) is 20.9. The minimum Gasteiger partial charge on any atom is -0.370 e. The van der Waals surface area contributed by atoms with Crippen LogP contribution in [0.2, 0.25) is 0 Å². The van der Waals surface area contributed by atoms with Gasteiger partial charge in [0.1, 0.15) is 0 Å². The topological polar surface area (TPSA) is 58.5 Å². The molecule has 0 fully saturated rings. The average molecular weight is 395 g/mol. The summed E-state index contributed by atoms with van der Waals surface area (Å²) in [5.74, 6) is 6.26. The number of likely N-dealkylation sites (N-methyl/N-ethyl adjacent to an activating group) is 1. The third-order valence-electron chi connectivity index (χ3n) is 3.82. The highest BCUT2D eigenvalue weighted by molar-refractivity contribution is 9.11. The smallest absolute Gasteiger partial charge is 0.0624 e. The molecule has 5 heteroatoms. The van der Waals surface area contributed by atoms with Gasteiger partial charge in [-0.3, -0.25) is 5.84 Å². The fraction of sp³-hybridized carbons (Fsp3) is 0.474. The monoisotopic (exact) mass is 394 g/mol. The fourth-order valence-corrected chi connectivity index (χ4v) is 3.39. The molecule has 4 nitrogen and oxygen atoms in total. The Morgan fingerprint density at radius 3 is 2.50 bits per heavy atom. The van der Waals surface area contributed by atoms with Crippen LogP contribution in [0.3, 0.4) is 0 Å². The highest BCUT2D eigenvalue weighted by atomic mass is 79.9. The van der Waals surface area contributed by atoms with Crippen LogP contribution in [0.5, 0.6) is 0 Å². The lowest BCUT2D eigenvalue weighted by atomic mass is 9.94. The predicted octanol–water partition coefficient (Wildman–Crippen LogP) is 3.31. The van der Waals surface area contributed by atoms with E-state index in [1.807, 2.05) is 24.2 Å². The van der Waals surface area contributed by atoms with Gasteiger partial charge in [0.2, 0.25) is 0 Å². The van der Waals surface area contributed by atoms with Gasteiger partial charge in [-0.05, 0) is 17.1 Å². The van der Waals surface area contributed by atoms with Crippen LogP contribution in [-0.2, 0) is 0 Å². The summed E-state index contributed by atoms with van der Waals surface area (Å²) < 4.78 is 0.962. The highest BCUT2D eigenvalue weighted by Gasteiger charge is 2.30. The molecule has 24 heavy (non-hydrogen) atoms. The van der Waals surface area contributed by atoms with Crippen LogP contribution in [0.4, 0.5) is 0 Å². The molecule has 0 saturated carbocycles. The van der Waals surface area contributed by atoms with E-state index in [4.69, 9.17) is 11.6 Å². The second-order valence-electron chi connectivity index (χ2n) is 7.38. The molecule has 2 atom stereocenters. The molecule has 0 amide bonds. The van der Waals surface area contributed by atoms with Gasteiger partial charge >= 0.3 is 0 Å². The molecule has 2 unspecified atom stereocenters. The van der Waals surface area contributed by atoms with E-state index in [9.17, 15) is 0 Å². The zero-order valence-corrected chi connectivity index (χ0v) is 16.9. The van der Waals surface area contributed by atoms with Crippen LogP contribution in [0.1, 0.15) is 20.8 Å². The molecule has 0 heterocycles. The van der Waals surface area contributed by atoms with E-state index in [1.54, 1.807) is 6.08 Å². The van der Waals surface area contributed by atoms with Crippen LogP contribution >= 0.6 is 15.9 Å². The van der Waals surface area contributed by atoms with E-state index < -0.39 is 0 Å². The Bertz CT molecular complexity index is 554. The fourth-order valence-electron chi connectivity index (χ4n) is 2.68. The second-order valence-corrected chi connectivity index (χ2v) is 8.23. The summed E-state index contributed by atoms with van der Waals surface area (Å²) in [5.41, 5.74) is 8.70. The van der Waals surface area contributed by atoms with Gasteiger partial charge in [0.25, 0.3) is 0 Å². The van der Waals surface area contributed by atoms with Crippen LogP contribution in [0, 0.1) is 5.41 Å². The number of hydrogen-bond acceptors (Lipinski definition) is 4. The van der Waals surface area contributed by atoms with Crippen LogP contribution < -0.4 is 11.6 Å². The van der Waals surface area contributed by atoms with Gasteiger partial charge in [-0.1, -0.05) is 74.2 Å². The Labute approximate surface area is 155 Å². The minimum atomic E-state index is -0.199. The van der Waals surface area contributed by atoms with Crippen molar-refractivity contribution in [1.29, 1.82) is 0 Å². The van der Waals surface area contributed by atoms with Crippen molar-refractivity contribution in [3.8, 4) is 0 Å². The summed E-state index contributed by atoms with van der Waals surface area (Å²) in [4.78, 5) is 2.14. The maximum Gasteiger partial charge on any atom is 0.0624 e. The largest absolute Gasteiger partial charge is 0.370 e. The maximum absolute atomic E-state index is 6.44. The summed E-state index contributed by atoms with van der Waals surface area (Å²) in [6, 6.07) is -0.228. The number of rotatable bonds is 7. The van der Waals surface area contributed by atoms with Gasteiger partial charge in [0, 0.05) is 30.3 Å². The lowest BCUT2D eigenvalue weighted by molar-refractivity contribution is 0.153. The van der Waals surface area contributed by atoms with Gasteiger partial charge in [-0.25, -0.2) is 5.01 Å². The number of hydrogen-bond donors (Lipinski definition) is 2. The molecular formula is C19H31BrN4. The van der Waals surface area contributed by atoms with E-state index in [0.717, 1.165) is 28.8 Å². The van der Waals surface area contributed by atoms with Crippen LogP contribution in [-0.4, -0.2) is 42.1 Å². The van der Waals surface area contributed by atoms with E-state index in [1.165, 1.54) is 0 Å². The Balaban J connectivity index is 2.91. The van der Waals surface area contributed by atoms with Gasteiger partial charge in [-0.2, -0.15) is 0 Å². The Morgan fingerprint density at radius 1 is 1.38 bits per heavy atom. The van der Waals surface area contributed by atoms with Crippen molar-refractivity contribution in [3.05, 3.63) is 59.3 Å². The summed E-state index contributed by atoms with van der Waals surface area (Å²) >= 11 is 3.67. The van der Waals surface area contributed by atoms with Crippen molar-refractivity contribution in [2.45, 2.75) is 32.9 Å². The lowest BCUT2D eigenvalue weighted by Gasteiger charge is -2.37. The van der Waals surface area contributed by atoms with Crippen molar-refractivity contribution in [2.24, 2.45) is 17.0 Å². The molecule has 4 N–H and O–H groups in total. The molecule has 134 valence electrons. The third-order valence-corrected chi connectivity index (χ3v) is 4.76. The first-order valence-corrected chi connectivity index (χ1v) is 8.90. The van der Waals surface area contributed by atoms with E-state index in [0.29, 0.717) is 0 Å². The quantitative estimate of drug-likeness (QED) is 0.395.